The molecule has 5 rings (SSSR count). The van der Waals surface area contributed by atoms with Gasteiger partial charge in [-0.15, -0.1) is 15.3 Å². The molecule has 3 heterocycles. The predicted octanol–water partition coefficient (Wildman–Crippen LogP) is 1.42. The predicted molar refractivity (Wildman–Crippen MR) is 92.4 cm³/mol. The Hall–Kier alpha value is -3.36. The minimum absolute atomic E-state index is 0.0678. The lowest BCUT2D eigenvalue weighted by molar-refractivity contribution is -0.134. The second-order valence-corrected chi connectivity index (χ2v) is 6.53. The van der Waals surface area contributed by atoms with E-state index >= 15 is 0 Å². The van der Waals surface area contributed by atoms with Gasteiger partial charge in [0.05, 0.1) is 0 Å². The highest BCUT2D eigenvalue weighted by Crippen LogP contribution is 2.34. The molecule has 9 nitrogen and oxygen atoms in total. The SMILES string of the molecule is O=C(COc1ccc2nncn2n1)N(Cc1ccc2c(c1)OCO2)C1CC1. The third kappa shape index (κ3) is 3.23. The van der Waals surface area contributed by atoms with Crippen LogP contribution in [0.3, 0.4) is 0 Å². The Labute approximate surface area is 154 Å². The van der Waals surface area contributed by atoms with Crippen molar-refractivity contribution < 1.29 is 19.0 Å². The second kappa shape index (κ2) is 6.42. The second-order valence-electron chi connectivity index (χ2n) is 6.53. The Kier molecular flexibility index (Phi) is 3.77. The van der Waals surface area contributed by atoms with Gasteiger partial charge < -0.3 is 19.1 Å². The molecule has 0 unspecified atom stereocenters. The van der Waals surface area contributed by atoms with E-state index in [1.54, 1.807) is 12.1 Å². The fourth-order valence-corrected chi connectivity index (χ4v) is 3.05. The van der Waals surface area contributed by atoms with Crippen molar-refractivity contribution in [2.24, 2.45) is 0 Å². The maximum Gasteiger partial charge on any atom is 0.261 e. The van der Waals surface area contributed by atoms with Crippen LogP contribution >= 0.6 is 0 Å². The molecule has 0 saturated heterocycles. The van der Waals surface area contributed by atoms with Gasteiger partial charge in [-0.05, 0) is 36.6 Å². The van der Waals surface area contributed by atoms with E-state index in [0.717, 1.165) is 29.9 Å². The molecule has 1 aliphatic heterocycles. The molecule has 0 bridgehead atoms. The number of fused-ring (bicyclic) bond motifs is 2. The number of nitrogens with zero attached hydrogens (tertiary/aromatic N) is 5. The number of carbonyl (C=O) groups is 1. The first-order chi connectivity index (χ1) is 13.3. The van der Waals surface area contributed by atoms with Crippen molar-refractivity contribution in [1.82, 2.24) is 24.7 Å². The summed E-state index contributed by atoms with van der Waals surface area (Å²) < 4.78 is 17.9. The van der Waals surface area contributed by atoms with Crippen LogP contribution in [0.15, 0.2) is 36.7 Å². The van der Waals surface area contributed by atoms with Crippen LogP contribution in [0.1, 0.15) is 18.4 Å². The van der Waals surface area contributed by atoms with Gasteiger partial charge >= 0.3 is 0 Å². The molecule has 2 aliphatic rings. The smallest absolute Gasteiger partial charge is 0.261 e. The van der Waals surface area contributed by atoms with E-state index in [9.17, 15) is 4.79 Å². The topological polar surface area (TPSA) is 91.1 Å². The molecular weight excluding hydrogens is 350 g/mol. The molecule has 0 radical (unpaired) electrons. The summed E-state index contributed by atoms with van der Waals surface area (Å²) in [6.45, 7) is 0.685. The quantitative estimate of drug-likeness (QED) is 0.651. The van der Waals surface area contributed by atoms with Crippen molar-refractivity contribution in [2.75, 3.05) is 13.4 Å². The molecule has 0 atom stereocenters. The van der Waals surface area contributed by atoms with Crippen LogP contribution in [0.5, 0.6) is 17.4 Å². The maximum absolute atomic E-state index is 12.7. The fourth-order valence-electron chi connectivity index (χ4n) is 3.05. The van der Waals surface area contributed by atoms with Gasteiger partial charge in [-0.25, -0.2) is 0 Å². The Balaban J connectivity index is 1.26. The van der Waals surface area contributed by atoms with Crippen LogP contribution in [0.4, 0.5) is 0 Å². The van der Waals surface area contributed by atoms with E-state index in [2.05, 4.69) is 15.3 Å². The van der Waals surface area contributed by atoms with Crippen LogP contribution < -0.4 is 14.2 Å². The first kappa shape index (κ1) is 15.9. The maximum atomic E-state index is 12.7. The molecule has 1 aliphatic carbocycles. The van der Waals surface area contributed by atoms with E-state index in [1.165, 1.54) is 10.8 Å². The number of benzene rings is 1. The summed E-state index contributed by atoms with van der Waals surface area (Å²) in [4.78, 5) is 14.6. The molecule has 9 heteroatoms. The Morgan fingerprint density at radius 1 is 1.22 bits per heavy atom. The van der Waals surface area contributed by atoms with Gasteiger partial charge in [-0.1, -0.05) is 6.07 Å². The molecular formula is C18H17N5O4. The summed E-state index contributed by atoms with van der Waals surface area (Å²) in [7, 11) is 0. The number of amides is 1. The molecule has 138 valence electrons. The zero-order valence-corrected chi connectivity index (χ0v) is 14.4. The minimum Gasteiger partial charge on any atom is -0.467 e. The molecule has 2 aromatic heterocycles. The van der Waals surface area contributed by atoms with Crippen molar-refractivity contribution in [3.05, 3.63) is 42.2 Å². The highest BCUT2D eigenvalue weighted by Gasteiger charge is 2.33. The average molecular weight is 367 g/mol. The van der Waals surface area contributed by atoms with Crippen LogP contribution in [-0.4, -0.2) is 50.1 Å². The normalized spacial score (nSPS) is 15.1. The van der Waals surface area contributed by atoms with Gasteiger partial charge in [0.25, 0.3) is 5.91 Å². The number of hydrogen-bond donors (Lipinski definition) is 0. The Morgan fingerprint density at radius 2 is 2.11 bits per heavy atom. The average Bonchev–Trinajstić information content (AvgIpc) is 3.23. The largest absolute Gasteiger partial charge is 0.467 e. The minimum atomic E-state index is -0.0687. The molecule has 1 aromatic carbocycles. The van der Waals surface area contributed by atoms with Crippen LogP contribution in [0.2, 0.25) is 0 Å². The number of hydrogen-bond acceptors (Lipinski definition) is 7. The molecule has 0 N–H and O–H groups in total. The summed E-state index contributed by atoms with van der Waals surface area (Å²) in [6, 6.07) is 9.44. The number of rotatable bonds is 6. The molecule has 1 saturated carbocycles. The Morgan fingerprint density at radius 3 is 3.00 bits per heavy atom. The van der Waals surface area contributed by atoms with Crippen LogP contribution in [0, 0.1) is 0 Å². The molecule has 0 spiro atoms. The number of ether oxygens (including phenoxy) is 3. The van der Waals surface area contributed by atoms with Crippen molar-refractivity contribution in [3.63, 3.8) is 0 Å². The molecule has 1 amide bonds. The molecule has 3 aromatic rings. The summed E-state index contributed by atoms with van der Waals surface area (Å²) in [5.74, 6) is 1.75. The van der Waals surface area contributed by atoms with E-state index < -0.39 is 0 Å². The highest BCUT2D eigenvalue weighted by atomic mass is 16.7. The summed E-state index contributed by atoms with van der Waals surface area (Å²) in [5, 5.41) is 11.9. The third-order valence-corrected chi connectivity index (χ3v) is 4.58. The summed E-state index contributed by atoms with van der Waals surface area (Å²) in [5.41, 5.74) is 1.62. The number of aromatic nitrogens is 4. The molecule has 27 heavy (non-hydrogen) atoms. The van der Waals surface area contributed by atoms with Crippen LogP contribution in [-0.2, 0) is 11.3 Å². The van der Waals surface area contributed by atoms with Gasteiger partial charge in [0.15, 0.2) is 23.8 Å². The monoisotopic (exact) mass is 367 g/mol. The Bertz CT molecular complexity index is 1000. The van der Waals surface area contributed by atoms with E-state index in [-0.39, 0.29) is 25.3 Å². The van der Waals surface area contributed by atoms with Crippen molar-refractivity contribution in [2.45, 2.75) is 25.4 Å². The zero-order valence-electron chi connectivity index (χ0n) is 14.4. The summed E-state index contributed by atoms with van der Waals surface area (Å²) in [6.07, 6.45) is 3.52. The van der Waals surface area contributed by atoms with Gasteiger partial charge in [0.1, 0.15) is 6.33 Å². The zero-order chi connectivity index (χ0) is 18.2. The van der Waals surface area contributed by atoms with Crippen molar-refractivity contribution >= 4 is 11.6 Å². The highest BCUT2D eigenvalue weighted by molar-refractivity contribution is 5.78. The lowest BCUT2D eigenvalue weighted by Crippen LogP contribution is -2.36. The lowest BCUT2D eigenvalue weighted by Gasteiger charge is -2.22. The number of carbonyl (C=O) groups excluding carboxylic acids is 1. The standard InChI is InChI=1S/C18H17N5O4/c24-18(9-25-17-6-5-16-20-19-10-23(16)21-17)22(13-2-3-13)8-12-1-4-14-15(7-12)27-11-26-14/h1,4-7,10,13H,2-3,8-9,11H2. The third-order valence-electron chi connectivity index (χ3n) is 4.58. The first-order valence-corrected chi connectivity index (χ1v) is 8.74. The molecule has 1 fully saturated rings. The van der Waals surface area contributed by atoms with E-state index in [0.29, 0.717) is 18.1 Å². The van der Waals surface area contributed by atoms with Gasteiger partial charge in [-0.3, -0.25) is 4.79 Å². The fraction of sp³-hybridized carbons (Fsp3) is 0.333. The van der Waals surface area contributed by atoms with Gasteiger partial charge in [0, 0.05) is 18.7 Å². The van der Waals surface area contributed by atoms with E-state index in [1.807, 2.05) is 23.1 Å². The lowest BCUT2D eigenvalue weighted by atomic mass is 10.2. The van der Waals surface area contributed by atoms with Crippen molar-refractivity contribution in [1.29, 1.82) is 0 Å². The van der Waals surface area contributed by atoms with Gasteiger partial charge in [0.2, 0.25) is 12.7 Å². The summed E-state index contributed by atoms with van der Waals surface area (Å²) >= 11 is 0. The van der Waals surface area contributed by atoms with Gasteiger partial charge in [-0.2, -0.15) is 4.52 Å². The van der Waals surface area contributed by atoms with Crippen molar-refractivity contribution in [3.8, 4) is 17.4 Å². The van der Waals surface area contributed by atoms with Crippen LogP contribution in [0.25, 0.3) is 5.65 Å². The first-order valence-electron chi connectivity index (χ1n) is 8.74. The van der Waals surface area contributed by atoms with E-state index in [4.69, 9.17) is 14.2 Å².